The summed E-state index contributed by atoms with van der Waals surface area (Å²) in [5.74, 6) is 0.917. The number of pyridine rings is 3. The standard InChI is InChI=1S/C24H26N4O/c1-2-17-5-6-22(26-11-17)16-27-13-18-8-21(15-27)23-9-20(10-24(29)28(23)14-18)19-4-3-7-25-12-19/h3-7,9-12,18,21H,2,8,13-16H2,1H3/t18-,21+/m0/s1. The summed E-state index contributed by atoms with van der Waals surface area (Å²) < 4.78 is 2.00. The van der Waals surface area contributed by atoms with Crippen LogP contribution in [0.25, 0.3) is 11.1 Å². The van der Waals surface area contributed by atoms with E-state index in [9.17, 15) is 4.79 Å². The molecule has 0 radical (unpaired) electrons. The van der Waals surface area contributed by atoms with Crippen LogP contribution in [-0.4, -0.2) is 32.5 Å². The van der Waals surface area contributed by atoms with Crippen LogP contribution in [0.2, 0.25) is 0 Å². The number of aromatic nitrogens is 3. The normalized spacial score (nSPS) is 21.0. The molecule has 0 aromatic carbocycles. The van der Waals surface area contributed by atoms with Crippen LogP contribution >= 0.6 is 0 Å². The fourth-order valence-electron chi connectivity index (χ4n) is 4.87. The highest BCUT2D eigenvalue weighted by Gasteiger charge is 2.35. The van der Waals surface area contributed by atoms with E-state index in [0.29, 0.717) is 11.8 Å². The molecule has 29 heavy (non-hydrogen) atoms. The Balaban J connectivity index is 1.41. The third kappa shape index (κ3) is 3.62. The van der Waals surface area contributed by atoms with Gasteiger partial charge in [-0.3, -0.25) is 19.7 Å². The largest absolute Gasteiger partial charge is 0.312 e. The maximum Gasteiger partial charge on any atom is 0.251 e. The van der Waals surface area contributed by atoms with Crippen molar-refractivity contribution in [3.8, 4) is 11.1 Å². The van der Waals surface area contributed by atoms with Crippen LogP contribution in [0.15, 0.2) is 59.8 Å². The van der Waals surface area contributed by atoms with E-state index in [1.807, 2.05) is 29.1 Å². The molecule has 2 bridgehead atoms. The second-order valence-corrected chi connectivity index (χ2v) is 8.36. The molecule has 5 nitrogen and oxygen atoms in total. The summed E-state index contributed by atoms with van der Waals surface area (Å²) >= 11 is 0. The van der Waals surface area contributed by atoms with Crippen LogP contribution in [0.4, 0.5) is 0 Å². The predicted octanol–water partition coefficient (Wildman–Crippen LogP) is 3.49. The fraction of sp³-hybridized carbons (Fsp3) is 0.375. The Morgan fingerprint density at radius 1 is 1.07 bits per heavy atom. The third-order valence-electron chi connectivity index (χ3n) is 6.31. The molecule has 5 rings (SSSR count). The van der Waals surface area contributed by atoms with E-state index in [1.165, 1.54) is 11.3 Å². The SMILES string of the molecule is CCc1ccc(CN2C[C@@H]3C[C@H](C2)c2cc(-c4cccnc4)cc(=O)n2C3)nc1. The molecule has 0 saturated carbocycles. The molecule has 0 spiro atoms. The van der Waals surface area contributed by atoms with Crippen molar-refractivity contribution in [2.45, 2.75) is 38.8 Å². The van der Waals surface area contributed by atoms with Gasteiger partial charge in [0.1, 0.15) is 0 Å². The van der Waals surface area contributed by atoms with E-state index < -0.39 is 0 Å². The topological polar surface area (TPSA) is 51.0 Å². The van der Waals surface area contributed by atoms with Gasteiger partial charge in [-0.25, -0.2) is 0 Å². The molecule has 0 aliphatic carbocycles. The van der Waals surface area contributed by atoms with Gasteiger partial charge in [0.25, 0.3) is 5.56 Å². The molecule has 2 aliphatic rings. The highest BCUT2D eigenvalue weighted by Crippen LogP contribution is 2.36. The zero-order valence-corrected chi connectivity index (χ0v) is 16.8. The van der Waals surface area contributed by atoms with Gasteiger partial charge in [0.2, 0.25) is 0 Å². The van der Waals surface area contributed by atoms with E-state index in [0.717, 1.165) is 55.8 Å². The number of fused-ring (bicyclic) bond motifs is 4. The summed E-state index contributed by atoms with van der Waals surface area (Å²) in [6.45, 7) is 5.86. The van der Waals surface area contributed by atoms with Crippen molar-refractivity contribution >= 4 is 0 Å². The maximum absolute atomic E-state index is 12.8. The van der Waals surface area contributed by atoms with Crippen LogP contribution in [0.1, 0.15) is 36.2 Å². The number of likely N-dealkylation sites (tertiary alicyclic amines) is 1. The molecule has 3 aromatic heterocycles. The molecule has 3 aromatic rings. The van der Waals surface area contributed by atoms with Gasteiger partial charge in [0.15, 0.2) is 0 Å². The second-order valence-electron chi connectivity index (χ2n) is 8.36. The first-order chi connectivity index (χ1) is 14.2. The van der Waals surface area contributed by atoms with Crippen molar-refractivity contribution in [2.75, 3.05) is 13.1 Å². The summed E-state index contributed by atoms with van der Waals surface area (Å²) in [7, 11) is 0. The number of aryl methyl sites for hydroxylation is 1. The Morgan fingerprint density at radius 3 is 2.76 bits per heavy atom. The average Bonchev–Trinajstić information content (AvgIpc) is 2.75. The highest BCUT2D eigenvalue weighted by molar-refractivity contribution is 5.62. The lowest BCUT2D eigenvalue weighted by Gasteiger charge is -2.42. The smallest absolute Gasteiger partial charge is 0.251 e. The van der Waals surface area contributed by atoms with Crippen molar-refractivity contribution in [1.82, 2.24) is 19.4 Å². The summed E-state index contributed by atoms with van der Waals surface area (Å²) in [4.78, 5) is 24.2. The third-order valence-corrected chi connectivity index (χ3v) is 6.31. The number of hydrogen-bond donors (Lipinski definition) is 0. The number of rotatable bonds is 4. The zero-order chi connectivity index (χ0) is 19.8. The summed E-state index contributed by atoms with van der Waals surface area (Å²) in [6, 6.07) is 12.2. The van der Waals surface area contributed by atoms with Gasteiger partial charge >= 0.3 is 0 Å². The minimum absolute atomic E-state index is 0.112. The van der Waals surface area contributed by atoms with Gasteiger partial charge in [-0.1, -0.05) is 19.1 Å². The van der Waals surface area contributed by atoms with Crippen molar-refractivity contribution in [3.63, 3.8) is 0 Å². The first kappa shape index (κ1) is 18.3. The fourth-order valence-corrected chi connectivity index (χ4v) is 4.87. The molecule has 0 N–H and O–H groups in total. The molecule has 2 aliphatic heterocycles. The van der Waals surface area contributed by atoms with E-state index >= 15 is 0 Å². The molecule has 1 fully saturated rings. The van der Waals surface area contributed by atoms with Gasteiger partial charge in [-0.05, 0) is 48.1 Å². The van der Waals surface area contributed by atoms with Crippen molar-refractivity contribution in [1.29, 1.82) is 0 Å². The molecule has 5 heterocycles. The molecule has 5 heteroatoms. The quantitative estimate of drug-likeness (QED) is 0.689. The number of nitrogens with zero attached hydrogens (tertiary/aromatic N) is 4. The highest BCUT2D eigenvalue weighted by atomic mass is 16.1. The summed E-state index contributed by atoms with van der Waals surface area (Å²) in [6.07, 6.45) is 7.77. The lowest BCUT2D eigenvalue weighted by Crippen LogP contribution is -2.46. The van der Waals surface area contributed by atoms with Gasteiger partial charge in [0.05, 0.1) is 5.69 Å². The molecular weight excluding hydrogens is 360 g/mol. The molecular formula is C24H26N4O. The van der Waals surface area contributed by atoms with Crippen molar-refractivity contribution in [3.05, 3.63) is 82.3 Å². The first-order valence-electron chi connectivity index (χ1n) is 10.5. The summed E-state index contributed by atoms with van der Waals surface area (Å²) in [5, 5.41) is 0. The molecule has 148 valence electrons. The van der Waals surface area contributed by atoms with Crippen LogP contribution in [-0.2, 0) is 19.5 Å². The van der Waals surface area contributed by atoms with Gasteiger partial charge in [-0.15, -0.1) is 0 Å². The van der Waals surface area contributed by atoms with Crippen molar-refractivity contribution < 1.29 is 0 Å². The van der Waals surface area contributed by atoms with Crippen LogP contribution in [0.3, 0.4) is 0 Å². The van der Waals surface area contributed by atoms with Gasteiger partial charge in [-0.2, -0.15) is 0 Å². The Labute approximate surface area is 171 Å². The molecule has 0 unspecified atom stereocenters. The second kappa shape index (κ2) is 7.56. The minimum atomic E-state index is 0.112. The van der Waals surface area contributed by atoms with Crippen molar-refractivity contribution in [2.24, 2.45) is 5.92 Å². The average molecular weight is 386 g/mol. The Hall–Kier alpha value is -2.79. The van der Waals surface area contributed by atoms with E-state index in [2.05, 4.69) is 40.0 Å². The summed E-state index contributed by atoms with van der Waals surface area (Å²) in [5.41, 5.74) is 5.67. The first-order valence-corrected chi connectivity index (χ1v) is 10.5. The van der Waals surface area contributed by atoms with Crippen LogP contribution in [0.5, 0.6) is 0 Å². The Kier molecular flexibility index (Phi) is 4.76. The monoisotopic (exact) mass is 386 g/mol. The Morgan fingerprint density at radius 2 is 2.00 bits per heavy atom. The number of hydrogen-bond acceptors (Lipinski definition) is 4. The molecule has 0 amide bonds. The van der Waals surface area contributed by atoms with E-state index in [-0.39, 0.29) is 5.56 Å². The Bertz CT molecular complexity index is 1060. The number of piperidine rings is 1. The molecule has 2 atom stereocenters. The van der Waals surface area contributed by atoms with Gasteiger partial charge in [0, 0.05) is 68.0 Å². The van der Waals surface area contributed by atoms with Crippen LogP contribution < -0.4 is 5.56 Å². The van der Waals surface area contributed by atoms with Gasteiger partial charge < -0.3 is 4.57 Å². The van der Waals surface area contributed by atoms with Crippen LogP contribution in [0, 0.1) is 5.92 Å². The van der Waals surface area contributed by atoms with E-state index in [1.54, 1.807) is 12.3 Å². The lowest BCUT2D eigenvalue weighted by atomic mass is 9.82. The van der Waals surface area contributed by atoms with E-state index in [4.69, 9.17) is 0 Å². The zero-order valence-electron chi connectivity index (χ0n) is 16.8. The minimum Gasteiger partial charge on any atom is -0.312 e. The maximum atomic E-state index is 12.8. The lowest BCUT2D eigenvalue weighted by molar-refractivity contribution is 0.113. The molecule has 1 saturated heterocycles. The predicted molar refractivity (Wildman–Crippen MR) is 114 cm³/mol.